The van der Waals surface area contributed by atoms with Crippen LogP contribution in [0.4, 0.5) is 10.1 Å². The minimum absolute atomic E-state index is 0.0464. The van der Waals surface area contributed by atoms with E-state index in [0.29, 0.717) is 16.8 Å². The molecule has 0 radical (unpaired) electrons. The van der Waals surface area contributed by atoms with Crippen molar-refractivity contribution < 1.29 is 23.0 Å². The largest absolute Gasteiger partial charge is 0.507 e. The number of hydrogen-bond acceptors (Lipinski definition) is 4. The first-order valence-electron chi connectivity index (χ1n) is 6.71. The van der Waals surface area contributed by atoms with Crippen LogP contribution >= 0.6 is 11.6 Å². The van der Waals surface area contributed by atoms with Crippen molar-refractivity contribution in [2.24, 2.45) is 0 Å². The Hall–Kier alpha value is -2.51. The van der Waals surface area contributed by atoms with Crippen LogP contribution in [0.5, 0.6) is 11.5 Å². The smallest absolute Gasteiger partial charge is 0.265 e. The first-order chi connectivity index (χ1) is 11.3. The van der Waals surface area contributed by atoms with Crippen molar-refractivity contribution in [1.82, 2.24) is 0 Å². The molecule has 0 aromatic heterocycles. The zero-order valence-corrected chi connectivity index (χ0v) is 13.6. The Labute approximate surface area is 142 Å². The predicted molar refractivity (Wildman–Crippen MR) is 89.5 cm³/mol. The first kappa shape index (κ1) is 16.4. The van der Waals surface area contributed by atoms with Gasteiger partial charge in [0.15, 0.2) is 0 Å². The predicted octanol–water partition coefficient (Wildman–Crippen LogP) is 3.84. The van der Waals surface area contributed by atoms with E-state index in [0.717, 1.165) is 12.1 Å². The van der Waals surface area contributed by atoms with Gasteiger partial charge >= 0.3 is 0 Å². The lowest BCUT2D eigenvalue weighted by atomic mass is 10.1. The van der Waals surface area contributed by atoms with Crippen molar-refractivity contribution in [1.29, 1.82) is 0 Å². The van der Waals surface area contributed by atoms with Crippen molar-refractivity contribution in [3.05, 3.63) is 59.4 Å². The molecule has 0 aliphatic rings. The van der Waals surface area contributed by atoms with E-state index in [2.05, 4.69) is 4.72 Å². The zero-order chi connectivity index (χ0) is 17.5. The molecule has 3 rings (SSSR count). The molecule has 0 unspecified atom stereocenters. The number of benzene rings is 3. The summed E-state index contributed by atoms with van der Waals surface area (Å²) in [5.41, 5.74) is 0.0945. The summed E-state index contributed by atoms with van der Waals surface area (Å²) in [7, 11) is -4.27. The Kier molecular flexibility index (Phi) is 3.98. The van der Waals surface area contributed by atoms with Gasteiger partial charge in [0.2, 0.25) is 0 Å². The molecule has 0 atom stereocenters. The highest BCUT2D eigenvalue weighted by Gasteiger charge is 2.21. The van der Waals surface area contributed by atoms with Crippen LogP contribution in [0, 0.1) is 5.82 Å². The monoisotopic (exact) mass is 367 g/mol. The molecule has 0 spiro atoms. The van der Waals surface area contributed by atoms with Crippen LogP contribution in [-0.2, 0) is 10.0 Å². The molecule has 0 saturated heterocycles. The van der Waals surface area contributed by atoms with E-state index in [9.17, 15) is 23.0 Å². The number of phenols is 2. The molecule has 8 heteroatoms. The standard InChI is InChI=1S/C16H11ClFNO4S/c17-12-8-13(10-3-1-2-4-11(10)16(12)21)19-24(22,23)15-7-9(18)5-6-14(15)20/h1-8,19-21H. The first-order valence-corrected chi connectivity index (χ1v) is 8.57. The second-order valence-corrected chi connectivity index (χ2v) is 7.08. The Balaban J connectivity index is 2.16. The van der Waals surface area contributed by atoms with E-state index in [-0.39, 0.29) is 16.5 Å². The average molecular weight is 368 g/mol. The third-order valence-electron chi connectivity index (χ3n) is 3.43. The molecule has 0 aliphatic carbocycles. The number of aromatic hydroxyl groups is 2. The van der Waals surface area contributed by atoms with E-state index < -0.39 is 26.5 Å². The van der Waals surface area contributed by atoms with Crippen molar-refractivity contribution >= 4 is 38.1 Å². The summed E-state index contributed by atoms with van der Waals surface area (Å²) in [5.74, 6) is -1.57. The number of nitrogens with one attached hydrogen (secondary N) is 1. The average Bonchev–Trinajstić information content (AvgIpc) is 2.54. The van der Waals surface area contributed by atoms with Gasteiger partial charge in [0.25, 0.3) is 10.0 Å². The van der Waals surface area contributed by atoms with E-state index in [1.165, 1.54) is 6.07 Å². The molecule has 0 bridgehead atoms. The van der Waals surface area contributed by atoms with Crippen LogP contribution in [0.15, 0.2) is 53.4 Å². The minimum atomic E-state index is -4.27. The highest BCUT2D eigenvalue weighted by molar-refractivity contribution is 7.92. The number of sulfonamides is 1. The van der Waals surface area contributed by atoms with Crippen LogP contribution in [0.25, 0.3) is 10.8 Å². The van der Waals surface area contributed by atoms with Gasteiger partial charge in [-0.25, -0.2) is 12.8 Å². The third-order valence-corrected chi connectivity index (χ3v) is 5.11. The summed E-state index contributed by atoms with van der Waals surface area (Å²) in [4.78, 5) is -0.601. The summed E-state index contributed by atoms with van der Waals surface area (Å²) < 4.78 is 40.5. The highest BCUT2D eigenvalue weighted by Crippen LogP contribution is 2.38. The van der Waals surface area contributed by atoms with Crippen molar-refractivity contribution in [2.75, 3.05) is 4.72 Å². The van der Waals surface area contributed by atoms with Gasteiger partial charge in [0.1, 0.15) is 22.2 Å². The topological polar surface area (TPSA) is 86.6 Å². The molecule has 124 valence electrons. The number of halogens is 2. The normalized spacial score (nSPS) is 11.6. The van der Waals surface area contributed by atoms with Gasteiger partial charge < -0.3 is 10.2 Å². The second-order valence-electron chi connectivity index (χ2n) is 5.02. The molecular weight excluding hydrogens is 357 g/mol. The lowest BCUT2D eigenvalue weighted by Crippen LogP contribution is -2.13. The summed E-state index contributed by atoms with van der Waals surface area (Å²) in [5, 5.41) is 20.4. The van der Waals surface area contributed by atoms with Crippen LogP contribution in [-0.4, -0.2) is 18.6 Å². The van der Waals surface area contributed by atoms with E-state index in [1.54, 1.807) is 24.3 Å². The lowest BCUT2D eigenvalue weighted by Gasteiger charge is -2.13. The van der Waals surface area contributed by atoms with Crippen molar-refractivity contribution in [3.8, 4) is 11.5 Å². The van der Waals surface area contributed by atoms with Gasteiger partial charge in [-0.15, -0.1) is 0 Å². The molecule has 24 heavy (non-hydrogen) atoms. The SMILES string of the molecule is O=S(=O)(Nc1cc(Cl)c(O)c2ccccc12)c1cc(F)ccc1O. The maximum Gasteiger partial charge on any atom is 0.265 e. The summed E-state index contributed by atoms with van der Waals surface area (Å²) in [6, 6.07) is 10.3. The van der Waals surface area contributed by atoms with Crippen molar-refractivity contribution in [2.45, 2.75) is 4.90 Å². The molecule has 0 aliphatic heterocycles. The van der Waals surface area contributed by atoms with Gasteiger partial charge in [-0.1, -0.05) is 35.9 Å². The van der Waals surface area contributed by atoms with Gasteiger partial charge in [-0.05, 0) is 24.3 Å². The lowest BCUT2D eigenvalue weighted by molar-refractivity contribution is 0.455. The third kappa shape index (κ3) is 2.83. The molecular formula is C16H11ClFNO4S. The zero-order valence-electron chi connectivity index (χ0n) is 12.0. The second kappa shape index (κ2) is 5.85. The van der Waals surface area contributed by atoms with Gasteiger partial charge in [0.05, 0.1) is 10.7 Å². The van der Waals surface area contributed by atoms with Crippen LogP contribution in [0.1, 0.15) is 0 Å². The minimum Gasteiger partial charge on any atom is -0.507 e. The molecule has 0 heterocycles. The number of anilines is 1. The van der Waals surface area contributed by atoms with Crippen molar-refractivity contribution in [3.63, 3.8) is 0 Å². The number of rotatable bonds is 3. The van der Waals surface area contributed by atoms with Gasteiger partial charge in [-0.2, -0.15) is 0 Å². The van der Waals surface area contributed by atoms with E-state index in [1.807, 2.05) is 0 Å². The molecule has 5 nitrogen and oxygen atoms in total. The Morgan fingerprint density at radius 2 is 1.67 bits per heavy atom. The van der Waals surface area contributed by atoms with Crippen LogP contribution in [0.2, 0.25) is 5.02 Å². The molecule has 3 aromatic rings. The van der Waals surface area contributed by atoms with E-state index in [4.69, 9.17) is 11.6 Å². The summed E-state index contributed by atoms with van der Waals surface area (Å²) in [6.45, 7) is 0. The number of phenolic OH excluding ortho intramolecular Hbond substituents is 2. The number of hydrogen-bond donors (Lipinski definition) is 3. The fraction of sp³-hybridized carbons (Fsp3) is 0. The number of fused-ring (bicyclic) bond motifs is 1. The molecule has 0 saturated carbocycles. The quantitative estimate of drug-likeness (QED) is 0.614. The Bertz CT molecular complexity index is 1050. The Morgan fingerprint density at radius 3 is 2.38 bits per heavy atom. The molecule has 3 aromatic carbocycles. The van der Waals surface area contributed by atoms with Gasteiger partial charge in [-0.3, -0.25) is 4.72 Å². The molecule has 0 fully saturated rings. The Morgan fingerprint density at radius 1 is 1.00 bits per heavy atom. The fourth-order valence-corrected chi connectivity index (χ4v) is 3.70. The maximum atomic E-state index is 13.3. The summed E-state index contributed by atoms with van der Waals surface area (Å²) >= 11 is 5.93. The van der Waals surface area contributed by atoms with Crippen LogP contribution < -0.4 is 4.72 Å². The van der Waals surface area contributed by atoms with Gasteiger partial charge in [0, 0.05) is 10.8 Å². The highest BCUT2D eigenvalue weighted by atomic mass is 35.5. The summed E-state index contributed by atoms with van der Waals surface area (Å²) in [6.07, 6.45) is 0. The molecule has 3 N–H and O–H groups in total. The van der Waals surface area contributed by atoms with Crippen LogP contribution in [0.3, 0.4) is 0 Å². The van der Waals surface area contributed by atoms with E-state index >= 15 is 0 Å². The molecule has 0 amide bonds. The fourth-order valence-electron chi connectivity index (χ4n) is 2.31. The maximum absolute atomic E-state index is 13.3.